The molecule has 2 amide bonds. The lowest BCUT2D eigenvalue weighted by Crippen LogP contribution is -2.22. The molecule has 1 atom stereocenters. The molecule has 35 heavy (non-hydrogen) atoms. The van der Waals surface area contributed by atoms with Crippen molar-refractivity contribution in [2.45, 2.75) is 17.1 Å². The van der Waals surface area contributed by atoms with Crippen LogP contribution in [0.15, 0.2) is 65.6 Å². The number of hydrogen-bond donors (Lipinski definition) is 4. The van der Waals surface area contributed by atoms with E-state index in [4.69, 9.17) is 16.7 Å². The molecule has 8 nitrogen and oxygen atoms in total. The molecule has 0 spiro atoms. The molecular weight excluding hydrogens is 499 g/mol. The lowest BCUT2D eigenvalue weighted by molar-refractivity contribution is -0.115. The third-order valence-electron chi connectivity index (χ3n) is 4.70. The van der Waals surface area contributed by atoms with Crippen LogP contribution in [-0.4, -0.2) is 39.2 Å². The van der Waals surface area contributed by atoms with Crippen LogP contribution in [0.4, 0.5) is 15.8 Å². The summed E-state index contributed by atoms with van der Waals surface area (Å²) in [7, 11) is 0. The van der Waals surface area contributed by atoms with Gasteiger partial charge in [-0.05, 0) is 61.5 Å². The summed E-state index contributed by atoms with van der Waals surface area (Å²) in [6, 6.07) is 13.6. The molecule has 3 rings (SSSR count). The highest BCUT2D eigenvalue weighted by Crippen LogP contribution is 2.28. The van der Waals surface area contributed by atoms with E-state index in [1.165, 1.54) is 23.9 Å². The first-order chi connectivity index (χ1) is 16.5. The third kappa shape index (κ3) is 6.58. The van der Waals surface area contributed by atoms with Gasteiger partial charge in [-0.2, -0.15) is 0 Å². The van der Waals surface area contributed by atoms with Gasteiger partial charge in [-0.3, -0.25) is 9.59 Å². The van der Waals surface area contributed by atoms with Crippen molar-refractivity contribution in [1.82, 2.24) is 0 Å². The lowest BCUT2D eigenvalue weighted by atomic mass is 10.0. The fraction of sp³-hybridized carbons (Fsp3) is 0.0833. The van der Waals surface area contributed by atoms with Crippen molar-refractivity contribution in [1.29, 1.82) is 0 Å². The Morgan fingerprint density at radius 1 is 0.886 bits per heavy atom. The van der Waals surface area contributed by atoms with Crippen LogP contribution in [0.2, 0.25) is 5.02 Å². The maximum absolute atomic E-state index is 13.3. The zero-order chi connectivity index (χ0) is 25.7. The van der Waals surface area contributed by atoms with Crippen LogP contribution in [0, 0.1) is 5.82 Å². The highest BCUT2D eigenvalue weighted by molar-refractivity contribution is 8.00. The second kappa shape index (κ2) is 11.0. The molecule has 0 saturated heterocycles. The fourth-order valence-corrected chi connectivity index (χ4v) is 4.08. The van der Waals surface area contributed by atoms with Gasteiger partial charge in [0.25, 0.3) is 5.91 Å². The SMILES string of the molecule is CC(Sc1cccc(NC(=O)c2ccc(C(=O)O)cc2C(=O)O)c1)C(=O)Nc1ccc(F)c(Cl)c1. The van der Waals surface area contributed by atoms with E-state index in [2.05, 4.69) is 10.6 Å². The zero-order valence-electron chi connectivity index (χ0n) is 18.0. The second-order valence-corrected chi connectivity index (χ2v) is 9.05. The Bertz CT molecular complexity index is 1330. The van der Waals surface area contributed by atoms with E-state index < -0.39 is 34.5 Å². The molecule has 0 saturated carbocycles. The number of amides is 2. The molecule has 0 bridgehead atoms. The summed E-state index contributed by atoms with van der Waals surface area (Å²) >= 11 is 6.93. The molecule has 180 valence electrons. The van der Waals surface area contributed by atoms with Gasteiger partial charge >= 0.3 is 11.9 Å². The molecule has 0 aliphatic carbocycles. The van der Waals surface area contributed by atoms with Gasteiger partial charge in [-0.1, -0.05) is 17.7 Å². The van der Waals surface area contributed by atoms with E-state index in [1.807, 2.05) is 0 Å². The van der Waals surface area contributed by atoms with E-state index in [1.54, 1.807) is 31.2 Å². The minimum Gasteiger partial charge on any atom is -0.478 e. The van der Waals surface area contributed by atoms with E-state index in [-0.39, 0.29) is 22.1 Å². The molecule has 3 aromatic carbocycles. The number of hydrogen-bond acceptors (Lipinski definition) is 5. The monoisotopic (exact) mass is 516 g/mol. The number of aromatic carboxylic acids is 2. The van der Waals surface area contributed by atoms with Crippen LogP contribution in [0.5, 0.6) is 0 Å². The molecule has 4 N–H and O–H groups in total. The summed E-state index contributed by atoms with van der Waals surface area (Å²) in [4.78, 5) is 48.5. The lowest BCUT2D eigenvalue weighted by Gasteiger charge is -2.14. The first-order valence-corrected chi connectivity index (χ1v) is 11.3. The Morgan fingerprint density at radius 3 is 2.26 bits per heavy atom. The first kappa shape index (κ1) is 25.7. The van der Waals surface area contributed by atoms with Gasteiger partial charge in [0.1, 0.15) is 5.82 Å². The van der Waals surface area contributed by atoms with E-state index >= 15 is 0 Å². The van der Waals surface area contributed by atoms with Crippen molar-refractivity contribution in [3.05, 3.63) is 88.2 Å². The Morgan fingerprint density at radius 2 is 1.60 bits per heavy atom. The van der Waals surface area contributed by atoms with Gasteiger partial charge in [0.05, 0.1) is 27.0 Å². The predicted octanol–water partition coefficient (Wildman–Crippen LogP) is 5.25. The van der Waals surface area contributed by atoms with Crippen LogP contribution < -0.4 is 10.6 Å². The molecule has 11 heteroatoms. The maximum Gasteiger partial charge on any atom is 0.336 e. The van der Waals surface area contributed by atoms with Crippen molar-refractivity contribution in [3.63, 3.8) is 0 Å². The van der Waals surface area contributed by atoms with Gasteiger partial charge in [0.2, 0.25) is 5.91 Å². The summed E-state index contributed by atoms with van der Waals surface area (Å²) in [5.41, 5.74) is -0.215. The van der Waals surface area contributed by atoms with E-state index in [9.17, 15) is 28.7 Å². The fourth-order valence-electron chi connectivity index (χ4n) is 2.97. The number of benzene rings is 3. The van der Waals surface area contributed by atoms with Crippen molar-refractivity contribution in [3.8, 4) is 0 Å². The Labute approximate surface area is 208 Å². The van der Waals surface area contributed by atoms with Gasteiger partial charge in [-0.15, -0.1) is 11.8 Å². The average Bonchev–Trinajstić information content (AvgIpc) is 2.81. The van der Waals surface area contributed by atoms with Crippen LogP contribution in [0.25, 0.3) is 0 Å². The molecular formula is C24H18ClFN2O6S. The molecule has 0 aliphatic rings. The average molecular weight is 517 g/mol. The van der Waals surface area contributed by atoms with E-state index in [0.29, 0.717) is 16.3 Å². The summed E-state index contributed by atoms with van der Waals surface area (Å²) < 4.78 is 13.3. The van der Waals surface area contributed by atoms with Crippen LogP contribution in [-0.2, 0) is 4.79 Å². The van der Waals surface area contributed by atoms with Gasteiger partial charge < -0.3 is 20.8 Å². The maximum atomic E-state index is 13.3. The molecule has 1 unspecified atom stereocenters. The number of anilines is 2. The minimum absolute atomic E-state index is 0.116. The number of thioether (sulfide) groups is 1. The van der Waals surface area contributed by atoms with Gasteiger partial charge in [0, 0.05) is 16.3 Å². The quantitative estimate of drug-likeness (QED) is 0.301. The largest absolute Gasteiger partial charge is 0.478 e. The molecule has 0 fully saturated rings. The number of nitrogens with one attached hydrogen (secondary N) is 2. The molecule has 0 radical (unpaired) electrons. The third-order valence-corrected chi connectivity index (χ3v) is 6.09. The molecule has 3 aromatic rings. The summed E-state index contributed by atoms with van der Waals surface area (Å²) in [6.45, 7) is 1.67. The Balaban J connectivity index is 1.70. The Hall–Kier alpha value is -3.89. The summed E-state index contributed by atoms with van der Waals surface area (Å²) in [5.74, 6) is -4.44. The van der Waals surface area contributed by atoms with Gasteiger partial charge in [0.15, 0.2) is 0 Å². The van der Waals surface area contributed by atoms with Crippen LogP contribution in [0.3, 0.4) is 0 Å². The first-order valence-electron chi connectivity index (χ1n) is 9.99. The van der Waals surface area contributed by atoms with Gasteiger partial charge in [-0.25, -0.2) is 14.0 Å². The number of carboxylic acids is 2. The van der Waals surface area contributed by atoms with E-state index in [0.717, 1.165) is 24.3 Å². The van der Waals surface area contributed by atoms with Crippen molar-refractivity contribution >= 4 is 58.5 Å². The number of rotatable bonds is 8. The highest BCUT2D eigenvalue weighted by atomic mass is 35.5. The summed E-state index contributed by atoms with van der Waals surface area (Å²) in [6.07, 6.45) is 0. The van der Waals surface area contributed by atoms with Crippen molar-refractivity contribution in [2.24, 2.45) is 0 Å². The normalized spacial score (nSPS) is 11.4. The minimum atomic E-state index is -1.44. The van der Waals surface area contributed by atoms with Crippen LogP contribution in [0.1, 0.15) is 38.0 Å². The molecule has 0 aliphatic heterocycles. The van der Waals surface area contributed by atoms with Crippen molar-refractivity contribution < 1.29 is 33.8 Å². The second-order valence-electron chi connectivity index (χ2n) is 7.23. The summed E-state index contributed by atoms with van der Waals surface area (Å²) in [5, 5.41) is 23.0. The predicted molar refractivity (Wildman–Crippen MR) is 130 cm³/mol. The zero-order valence-corrected chi connectivity index (χ0v) is 19.6. The molecule has 0 aromatic heterocycles. The van der Waals surface area contributed by atoms with Crippen molar-refractivity contribution in [2.75, 3.05) is 10.6 Å². The number of carbonyl (C=O) groups excluding carboxylic acids is 2. The smallest absolute Gasteiger partial charge is 0.336 e. The topological polar surface area (TPSA) is 133 Å². The number of carbonyl (C=O) groups is 4. The highest BCUT2D eigenvalue weighted by Gasteiger charge is 2.20. The standard InChI is InChI=1S/C24H18ClFN2O6S/c1-12(21(29)27-15-6-8-20(26)19(25)11-15)35-16-4-2-3-14(10-16)28-22(30)17-7-5-13(23(31)32)9-18(17)24(33)34/h2-12H,1H3,(H,27,29)(H,28,30)(H,31,32)(H,33,34). The number of halogens is 2. The van der Waals surface area contributed by atoms with Crippen LogP contribution >= 0.6 is 23.4 Å². The Kier molecular flexibility index (Phi) is 8.10. The molecule has 0 heterocycles. The number of carboxylic acid groups (broad SMARTS) is 2.